The van der Waals surface area contributed by atoms with E-state index in [0.29, 0.717) is 0 Å². The van der Waals surface area contributed by atoms with E-state index in [9.17, 15) is 0 Å². The molecule has 1 aromatic rings. The molecule has 1 aromatic carbocycles. The Bertz CT molecular complexity index is 423. The van der Waals surface area contributed by atoms with Gasteiger partial charge in [0.05, 0.1) is 18.5 Å². The smallest absolute Gasteiger partial charge is 0.143 e. The number of hydrogen-bond acceptors (Lipinski definition) is 4. The van der Waals surface area contributed by atoms with E-state index in [4.69, 9.17) is 10.5 Å². The number of para-hydroxylation sites is 1. The summed E-state index contributed by atoms with van der Waals surface area (Å²) < 4.78 is 5.28. The van der Waals surface area contributed by atoms with E-state index >= 15 is 0 Å². The molecule has 98 valence electrons. The van der Waals surface area contributed by atoms with Gasteiger partial charge in [-0.1, -0.05) is 6.07 Å². The summed E-state index contributed by atoms with van der Waals surface area (Å²) in [5, 5.41) is 0. The lowest BCUT2D eigenvalue weighted by atomic mass is 10.2. The Morgan fingerprint density at radius 3 is 2.50 bits per heavy atom. The average molecular weight is 247 g/mol. The van der Waals surface area contributed by atoms with Crippen molar-refractivity contribution in [3.05, 3.63) is 18.2 Å². The van der Waals surface area contributed by atoms with Crippen LogP contribution in [-0.2, 0) is 0 Å². The van der Waals surface area contributed by atoms with Crippen molar-refractivity contribution in [2.75, 3.05) is 43.9 Å². The summed E-state index contributed by atoms with van der Waals surface area (Å²) in [4.78, 5) is 4.98. The van der Waals surface area contributed by atoms with Crippen LogP contribution >= 0.6 is 0 Å². The van der Waals surface area contributed by atoms with Crippen LogP contribution in [0.1, 0.15) is 12.8 Å². The van der Waals surface area contributed by atoms with E-state index in [1.54, 1.807) is 7.11 Å². The van der Waals surface area contributed by atoms with Crippen molar-refractivity contribution in [3.8, 4) is 5.75 Å². The van der Waals surface area contributed by atoms with Gasteiger partial charge in [0.1, 0.15) is 5.75 Å². The lowest BCUT2D eigenvalue weighted by Gasteiger charge is -2.36. The van der Waals surface area contributed by atoms with Crippen molar-refractivity contribution < 1.29 is 4.74 Å². The van der Waals surface area contributed by atoms with Crippen molar-refractivity contribution in [2.45, 2.75) is 18.9 Å². The predicted octanol–water partition coefficient (Wildman–Crippen LogP) is 1.56. The highest BCUT2D eigenvalue weighted by atomic mass is 16.5. The molecule has 0 amide bonds. The maximum atomic E-state index is 6.15. The quantitative estimate of drug-likeness (QED) is 0.823. The number of anilines is 2. The van der Waals surface area contributed by atoms with Crippen molar-refractivity contribution >= 4 is 11.4 Å². The van der Waals surface area contributed by atoms with E-state index in [1.165, 1.54) is 12.8 Å². The molecule has 0 radical (unpaired) electrons. The van der Waals surface area contributed by atoms with Crippen LogP contribution in [0.3, 0.4) is 0 Å². The summed E-state index contributed by atoms with van der Waals surface area (Å²) in [6.45, 7) is 4.43. The summed E-state index contributed by atoms with van der Waals surface area (Å²) >= 11 is 0. The predicted molar refractivity (Wildman–Crippen MR) is 74.2 cm³/mol. The molecule has 2 aliphatic rings. The van der Waals surface area contributed by atoms with Gasteiger partial charge in [0.2, 0.25) is 0 Å². The number of piperazine rings is 1. The third-order valence-electron chi connectivity index (χ3n) is 3.98. The van der Waals surface area contributed by atoms with E-state index in [2.05, 4.69) is 15.9 Å². The zero-order chi connectivity index (χ0) is 12.5. The van der Waals surface area contributed by atoms with Crippen LogP contribution in [0.2, 0.25) is 0 Å². The zero-order valence-corrected chi connectivity index (χ0v) is 10.9. The second kappa shape index (κ2) is 4.69. The summed E-state index contributed by atoms with van der Waals surface area (Å²) in [5.74, 6) is 0.775. The fraction of sp³-hybridized carbons (Fsp3) is 0.571. The highest BCUT2D eigenvalue weighted by molar-refractivity contribution is 5.74. The van der Waals surface area contributed by atoms with Crippen molar-refractivity contribution in [2.24, 2.45) is 0 Å². The standard InChI is InChI=1S/C14H21N3O/c1-18-13-4-2-3-12(14(13)15)17-9-7-16(8-10-17)11-5-6-11/h2-4,11H,5-10,15H2,1H3. The minimum absolute atomic E-state index is 0.764. The number of benzene rings is 1. The summed E-state index contributed by atoms with van der Waals surface area (Å²) in [7, 11) is 1.67. The van der Waals surface area contributed by atoms with Crippen molar-refractivity contribution in [3.63, 3.8) is 0 Å². The third-order valence-corrected chi connectivity index (χ3v) is 3.98. The maximum absolute atomic E-state index is 6.15. The van der Waals surface area contributed by atoms with Gasteiger partial charge < -0.3 is 15.4 Å². The number of nitrogen functional groups attached to an aromatic ring is 1. The molecular formula is C14H21N3O. The van der Waals surface area contributed by atoms with Gasteiger partial charge in [-0.05, 0) is 25.0 Å². The SMILES string of the molecule is COc1cccc(N2CCN(C3CC3)CC2)c1N. The first-order valence-electron chi connectivity index (χ1n) is 6.71. The van der Waals surface area contributed by atoms with Gasteiger partial charge in [-0.3, -0.25) is 4.90 Å². The molecule has 1 aliphatic carbocycles. The molecule has 1 heterocycles. The second-order valence-corrected chi connectivity index (χ2v) is 5.15. The molecule has 0 atom stereocenters. The molecule has 3 rings (SSSR count). The molecule has 2 N–H and O–H groups in total. The normalized spacial score (nSPS) is 21.1. The van der Waals surface area contributed by atoms with Crippen LogP contribution in [-0.4, -0.2) is 44.2 Å². The highest BCUT2D eigenvalue weighted by Crippen LogP contribution is 2.34. The van der Waals surface area contributed by atoms with Crippen LogP contribution in [0.4, 0.5) is 11.4 Å². The molecule has 18 heavy (non-hydrogen) atoms. The first-order chi connectivity index (χ1) is 8.79. The Kier molecular flexibility index (Phi) is 3.04. The molecule has 0 unspecified atom stereocenters. The molecule has 0 spiro atoms. The largest absolute Gasteiger partial charge is 0.495 e. The zero-order valence-electron chi connectivity index (χ0n) is 10.9. The van der Waals surface area contributed by atoms with E-state index < -0.39 is 0 Å². The molecule has 4 heteroatoms. The first-order valence-corrected chi connectivity index (χ1v) is 6.71. The van der Waals surface area contributed by atoms with Gasteiger partial charge in [0.15, 0.2) is 0 Å². The Balaban J connectivity index is 1.71. The fourth-order valence-corrected chi connectivity index (χ4v) is 2.75. The van der Waals surface area contributed by atoms with Gasteiger partial charge in [-0.25, -0.2) is 0 Å². The fourth-order valence-electron chi connectivity index (χ4n) is 2.75. The van der Waals surface area contributed by atoms with Crippen molar-refractivity contribution in [1.82, 2.24) is 4.90 Å². The summed E-state index contributed by atoms with van der Waals surface area (Å²) in [5.41, 5.74) is 8.03. The number of ether oxygens (including phenoxy) is 1. The minimum Gasteiger partial charge on any atom is -0.495 e. The van der Waals surface area contributed by atoms with Crippen LogP contribution in [0.5, 0.6) is 5.75 Å². The van der Waals surface area contributed by atoms with Crippen LogP contribution in [0.15, 0.2) is 18.2 Å². The van der Waals surface area contributed by atoms with E-state index in [0.717, 1.165) is 49.3 Å². The highest BCUT2D eigenvalue weighted by Gasteiger charge is 2.31. The van der Waals surface area contributed by atoms with E-state index in [-0.39, 0.29) is 0 Å². The Morgan fingerprint density at radius 1 is 1.17 bits per heavy atom. The molecule has 1 saturated carbocycles. The van der Waals surface area contributed by atoms with Crippen molar-refractivity contribution in [1.29, 1.82) is 0 Å². The number of rotatable bonds is 3. The lowest BCUT2D eigenvalue weighted by molar-refractivity contribution is 0.248. The lowest BCUT2D eigenvalue weighted by Crippen LogP contribution is -2.47. The average Bonchev–Trinajstić information content (AvgIpc) is 3.24. The monoisotopic (exact) mass is 247 g/mol. The van der Waals surface area contributed by atoms with Gasteiger partial charge in [-0.2, -0.15) is 0 Å². The second-order valence-electron chi connectivity index (χ2n) is 5.15. The topological polar surface area (TPSA) is 41.7 Å². The van der Waals surface area contributed by atoms with Gasteiger partial charge in [0.25, 0.3) is 0 Å². The molecule has 2 fully saturated rings. The van der Waals surface area contributed by atoms with Gasteiger partial charge in [0, 0.05) is 32.2 Å². The molecular weight excluding hydrogens is 226 g/mol. The number of nitrogens with two attached hydrogens (primary N) is 1. The van der Waals surface area contributed by atoms with Crippen LogP contribution in [0.25, 0.3) is 0 Å². The summed E-state index contributed by atoms with van der Waals surface area (Å²) in [6.07, 6.45) is 2.78. The molecule has 0 bridgehead atoms. The Hall–Kier alpha value is -1.42. The van der Waals surface area contributed by atoms with Gasteiger partial charge >= 0.3 is 0 Å². The van der Waals surface area contributed by atoms with Crippen LogP contribution < -0.4 is 15.4 Å². The third kappa shape index (κ3) is 2.12. The first kappa shape index (κ1) is 11.7. The van der Waals surface area contributed by atoms with Crippen LogP contribution in [0, 0.1) is 0 Å². The molecule has 1 saturated heterocycles. The minimum atomic E-state index is 0.764. The number of hydrogen-bond donors (Lipinski definition) is 1. The molecule has 0 aromatic heterocycles. The van der Waals surface area contributed by atoms with Gasteiger partial charge in [-0.15, -0.1) is 0 Å². The molecule has 4 nitrogen and oxygen atoms in total. The Morgan fingerprint density at radius 2 is 1.89 bits per heavy atom. The Labute approximate surface area is 108 Å². The maximum Gasteiger partial charge on any atom is 0.143 e. The number of methoxy groups -OCH3 is 1. The van der Waals surface area contributed by atoms with E-state index in [1.807, 2.05) is 12.1 Å². The summed E-state index contributed by atoms with van der Waals surface area (Å²) in [6, 6.07) is 6.89. The molecule has 1 aliphatic heterocycles. The number of nitrogens with zero attached hydrogens (tertiary/aromatic N) is 2.